The molecule has 0 unspecified atom stereocenters. The summed E-state index contributed by atoms with van der Waals surface area (Å²) in [6, 6.07) is 6.55. The highest BCUT2D eigenvalue weighted by atomic mass is 16.5. The predicted octanol–water partition coefficient (Wildman–Crippen LogP) is 3.92. The highest BCUT2D eigenvalue weighted by Crippen LogP contribution is 2.23. The Bertz CT molecular complexity index is 730. The molecule has 0 atom stereocenters. The van der Waals surface area contributed by atoms with Gasteiger partial charge in [-0.2, -0.15) is 0 Å². The summed E-state index contributed by atoms with van der Waals surface area (Å²) in [7, 11) is 0. The van der Waals surface area contributed by atoms with Crippen molar-refractivity contribution in [2.24, 2.45) is 0 Å². The van der Waals surface area contributed by atoms with E-state index in [1.807, 2.05) is 13.8 Å². The number of aryl methyl sites for hydroxylation is 1. The van der Waals surface area contributed by atoms with E-state index in [4.69, 9.17) is 9.26 Å². The summed E-state index contributed by atoms with van der Waals surface area (Å²) in [5.74, 6) is -0.0583. The molecule has 1 aromatic heterocycles. The van der Waals surface area contributed by atoms with E-state index in [0.717, 1.165) is 0 Å². The number of carbonyl (C=O) groups is 2. The van der Waals surface area contributed by atoms with Gasteiger partial charge in [-0.3, -0.25) is 4.79 Å². The zero-order chi connectivity index (χ0) is 17.9. The molecule has 0 aliphatic heterocycles. The van der Waals surface area contributed by atoms with Crippen LogP contribution in [0.2, 0.25) is 0 Å². The molecule has 0 saturated carbocycles. The van der Waals surface area contributed by atoms with Crippen LogP contribution < -0.4 is 5.32 Å². The lowest BCUT2D eigenvalue weighted by Gasteiger charge is -2.09. The Morgan fingerprint density at radius 1 is 1.12 bits per heavy atom. The van der Waals surface area contributed by atoms with E-state index in [-0.39, 0.29) is 23.9 Å². The molecular weight excluding hydrogens is 308 g/mol. The van der Waals surface area contributed by atoms with Crippen LogP contribution in [-0.4, -0.2) is 23.1 Å². The molecule has 0 saturated heterocycles. The fourth-order valence-corrected chi connectivity index (χ4v) is 2.22. The lowest BCUT2D eigenvalue weighted by molar-refractivity contribution is 0.0378. The van der Waals surface area contributed by atoms with Crippen molar-refractivity contribution in [3.05, 3.63) is 46.8 Å². The second-order valence-corrected chi connectivity index (χ2v) is 6.15. The number of hydrogen-bond acceptors (Lipinski definition) is 5. The van der Waals surface area contributed by atoms with E-state index in [1.165, 1.54) is 0 Å². The van der Waals surface area contributed by atoms with Gasteiger partial charge in [-0.25, -0.2) is 4.79 Å². The van der Waals surface area contributed by atoms with Crippen molar-refractivity contribution >= 4 is 17.6 Å². The van der Waals surface area contributed by atoms with Crippen LogP contribution in [0.3, 0.4) is 0 Å². The van der Waals surface area contributed by atoms with E-state index in [1.54, 1.807) is 45.0 Å². The summed E-state index contributed by atoms with van der Waals surface area (Å²) in [5, 5.41) is 6.66. The van der Waals surface area contributed by atoms with E-state index in [2.05, 4.69) is 10.5 Å². The zero-order valence-corrected chi connectivity index (χ0v) is 14.5. The molecule has 6 heteroatoms. The van der Waals surface area contributed by atoms with Gasteiger partial charge in [0.2, 0.25) is 0 Å². The van der Waals surface area contributed by atoms with Crippen molar-refractivity contribution in [2.45, 2.75) is 46.6 Å². The molecule has 0 spiro atoms. The number of anilines is 1. The standard InChI is InChI=1S/C18H22N2O4/c1-10(2)16-15(12(5)20-24-16)17(21)19-14-8-6-13(7-9-14)18(22)23-11(3)4/h6-11H,1-5H3,(H,19,21). The molecule has 0 aliphatic carbocycles. The van der Waals surface area contributed by atoms with Crippen LogP contribution in [0.5, 0.6) is 0 Å². The molecule has 0 aliphatic rings. The highest BCUT2D eigenvalue weighted by Gasteiger charge is 2.22. The molecule has 6 nitrogen and oxygen atoms in total. The minimum atomic E-state index is -0.389. The smallest absolute Gasteiger partial charge is 0.338 e. The van der Waals surface area contributed by atoms with Gasteiger partial charge in [-0.15, -0.1) is 0 Å². The van der Waals surface area contributed by atoms with Crippen LogP contribution in [0.1, 0.15) is 65.8 Å². The van der Waals surface area contributed by atoms with Gasteiger partial charge in [0.1, 0.15) is 5.56 Å². The number of esters is 1. The molecule has 2 aromatic rings. The van der Waals surface area contributed by atoms with Crippen molar-refractivity contribution in [3.63, 3.8) is 0 Å². The van der Waals surface area contributed by atoms with Crippen molar-refractivity contribution in [3.8, 4) is 0 Å². The number of aromatic nitrogens is 1. The Labute approximate surface area is 141 Å². The normalized spacial score (nSPS) is 11.0. The number of nitrogens with one attached hydrogen (secondary N) is 1. The third-order valence-corrected chi connectivity index (χ3v) is 3.36. The minimum Gasteiger partial charge on any atom is -0.459 e. The molecule has 128 valence electrons. The van der Waals surface area contributed by atoms with Crippen molar-refractivity contribution in [1.29, 1.82) is 0 Å². The third-order valence-electron chi connectivity index (χ3n) is 3.36. The highest BCUT2D eigenvalue weighted by molar-refractivity contribution is 6.06. The molecule has 0 bridgehead atoms. The van der Waals surface area contributed by atoms with Crippen LogP contribution in [-0.2, 0) is 4.74 Å². The number of benzene rings is 1. The van der Waals surface area contributed by atoms with Gasteiger partial charge in [-0.05, 0) is 45.0 Å². The van der Waals surface area contributed by atoms with Crippen LogP contribution in [0.25, 0.3) is 0 Å². The van der Waals surface area contributed by atoms with Gasteiger partial charge < -0.3 is 14.6 Å². The number of hydrogen-bond donors (Lipinski definition) is 1. The second-order valence-electron chi connectivity index (χ2n) is 6.15. The van der Waals surface area contributed by atoms with Gasteiger partial charge in [-0.1, -0.05) is 19.0 Å². The molecule has 1 amide bonds. The fraction of sp³-hybridized carbons (Fsp3) is 0.389. The zero-order valence-electron chi connectivity index (χ0n) is 14.5. The maximum atomic E-state index is 12.5. The second kappa shape index (κ2) is 7.29. The van der Waals surface area contributed by atoms with Gasteiger partial charge in [0, 0.05) is 11.6 Å². The molecule has 1 N–H and O–H groups in total. The molecule has 24 heavy (non-hydrogen) atoms. The average molecular weight is 330 g/mol. The maximum absolute atomic E-state index is 12.5. The van der Waals surface area contributed by atoms with E-state index in [9.17, 15) is 9.59 Å². The number of ether oxygens (including phenoxy) is 1. The lowest BCUT2D eigenvalue weighted by atomic mass is 10.0. The number of nitrogens with zero attached hydrogens (tertiary/aromatic N) is 1. The first kappa shape index (κ1) is 17.7. The first-order valence-electron chi connectivity index (χ1n) is 7.88. The average Bonchev–Trinajstić information content (AvgIpc) is 2.89. The van der Waals surface area contributed by atoms with Crippen molar-refractivity contribution < 1.29 is 18.8 Å². The summed E-state index contributed by atoms with van der Waals surface area (Å²) in [6.07, 6.45) is -0.178. The van der Waals surface area contributed by atoms with Crippen LogP contribution in [0.4, 0.5) is 5.69 Å². The first-order valence-corrected chi connectivity index (χ1v) is 7.88. The van der Waals surface area contributed by atoms with E-state index in [0.29, 0.717) is 28.3 Å². The number of rotatable bonds is 5. The van der Waals surface area contributed by atoms with Crippen LogP contribution in [0, 0.1) is 6.92 Å². The van der Waals surface area contributed by atoms with Crippen molar-refractivity contribution in [1.82, 2.24) is 5.16 Å². The molecule has 1 heterocycles. The SMILES string of the molecule is Cc1noc(C(C)C)c1C(=O)Nc1ccc(C(=O)OC(C)C)cc1. The van der Waals surface area contributed by atoms with Gasteiger partial charge in [0.05, 0.1) is 17.4 Å². The van der Waals surface area contributed by atoms with E-state index >= 15 is 0 Å². The largest absolute Gasteiger partial charge is 0.459 e. The number of carbonyl (C=O) groups excluding carboxylic acids is 2. The van der Waals surface area contributed by atoms with Gasteiger partial charge in [0.25, 0.3) is 5.91 Å². The van der Waals surface area contributed by atoms with Crippen LogP contribution >= 0.6 is 0 Å². The quantitative estimate of drug-likeness (QED) is 0.840. The minimum absolute atomic E-state index is 0.0557. The molecule has 1 aromatic carbocycles. The Balaban J connectivity index is 2.13. The summed E-state index contributed by atoms with van der Waals surface area (Å²) in [4.78, 5) is 24.3. The molecule has 2 rings (SSSR count). The Morgan fingerprint density at radius 2 is 1.75 bits per heavy atom. The molecular formula is C18H22N2O4. The molecule has 0 radical (unpaired) electrons. The number of amides is 1. The summed E-state index contributed by atoms with van der Waals surface area (Å²) >= 11 is 0. The van der Waals surface area contributed by atoms with Gasteiger partial charge >= 0.3 is 5.97 Å². The monoisotopic (exact) mass is 330 g/mol. The Morgan fingerprint density at radius 3 is 2.29 bits per heavy atom. The Kier molecular flexibility index (Phi) is 5.39. The molecule has 0 fully saturated rings. The van der Waals surface area contributed by atoms with Crippen molar-refractivity contribution in [2.75, 3.05) is 5.32 Å². The first-order chi connectivity index (χ1) is 11.3. The maximum Gasteiger partial charge on any atom is 0.338 e. The summed E-state index contributed by atoms with van der Waals surface area (Å²) in [6.45, 7) is 9.19. The van der Waals surface area contributed by atoms with Gasteiger partial charge in [0.15, 0.2) is 5.76 Å². The predicted molar refractivity (Wildman–Crippen MR) is 90.3 cm³/mol. The topological polar surface area (TPSA) is 81.4 Å². The van der Waals surface area contributed by atoms with E-state index < -0.39 is 0 Å². The summed E-state index contributed by atoms with van der Waals surface area (Å²) in [5.41, 5.74) is 2.02. The summed E-state index contributed by atoms with van der Waals surface area (Å²) < 4.78 is 10.4. The van der Waals surface area contributed by atoms with Crippen LogP contribution in [0.15, 0.2) is 28.8 Å². The Hall–Kier alpha value is -2.63. The fourth-order valence-electron chi connectivity index (χ4n) is 2.22. The third kappa shape index (κ3) is 4.01. The lowest BCUT2D eigenvalue weighted by Crippen LogP contribution is -2.15.